The van der Waals surface area contributed by atoms with Crippen LogP contribution < -0.4 is 10.9 Å². The second-order valence-electron chi connectivity index (χ2n) is 6.12. The monoisotopic (exact) mass is 377 g/mol. The first-order chi connectivity index (χ1) is 12.6. The van der Waals surface area contributed by atoms with Gasteiger partial charge < -0.3 is 10.1 Å². The number of aromatic nitrogens is 2. The van der Waals surface area contributed by atoms with Crippen molar-refractivity contribution in [3.8, 4) is 0 Å². The zero-order valence-electron chi connectivity index (χ0n) is 15.7. The number of amides is 1. The molecule has 0 saturated carbocycles. The Labute approximate surface area is 158 Å². The zero-order chi connectivity index (χ0) is 18.9. The zero-order valence-corrected chi connectivity index (χ0v) is 16.5. The number of hydrogen-bond donors (Lipinski definition) is 1. The maximum absolute atomic E-state index is 12.8. The molecule has 0 aliphatic rings. The minimum atomic E-state index is -0.335. The number of hydrogen-bond acceptors (Lipinski definition) is 5. The topological polar surface area (TPSA) is 73.2 Å². The smallest absolute Gasteiger partial charge is 0.262 e. The first kappa shape index (κ1) is 20.5. The highest BCUT2D eigenvalue weighted by Crippen LogP contribution is 2.23. The highest BCUT2D eigenvalue weighted by atomic mass is 32.2. The summed E-state index contributed by atoms with van der Waals surface area (Å²) in [4.78, 5) is 29.8. The summed E-state index contributed by atoms with van der Waals surface area (Å²) in [5.41, 5.74) is 0.625. The van der Waals surface area contributed by atoms with E-state index in [0.717, 1.165) is 19.3 Å². The van der Waals surface area contributed by atoms with Crippen molar-refractivity contribution in [3.05, 3.63) is 34.6 Å². The van der Waals surface area contributed by atoms with Crippen LogP contribution in [0.3, 0.4) is 0 Å². The fraction of sp³-hybridized carbons (Fsp3) is 0.526. The van der Waals surface area contributed by atoms with Gasteiger partial charge in [0.15, 0.2) is 5.16 Å². The quantitative estimate of drug-likeness (QED) is 0.392. The minimum Gasteiger partial charge on any atom is -0.385 e. The standard InChI is InChI=1S/C19H27N3O3S/c1-4-5-12-22-18(24)15-9-6-7-10-16(15)21-19(22)26-14(2)17(23)20-11-8-13-25-3/h6-7,9-10,14H,4-5,8,11-13H2,1-3H3,(H,20,23). The van der Waals surface area contributed by atoms with E-state index >= 15 is 0 Å². The number of para-hydroxylation sites is 1. The number of nitrogens with zero attached hydrogens (tertiary/aromatic N) is 2. The van der Waals surface area contributed by atoms with E-state index in [1.54, 1.807) is 17.7 Å². The predicted octanol–water partition coefficient (Wildman–Crippen LogP) is 2.83. The van der Waals surface area contributed by atoms with E-state index < -0.39 is 0 Å². The Bertz CT molecular complexity index is 791. The lowest BCUT2D eigenvalue weighted by Crippen LogP contribution is -2.33. The summed E-state index contributed by atoms with van der Waals surface area (Å²) < 4.78 is 6.68. The molecule has 0 bridgehead atoms. The van der Waals surface area contributed by atoms with Gasteiger partial charge in [0.2, 0.25) is 5.91 Å². The largest absolute Gasteiger partial charge is 0.385 e. The van der Waals surface area contributed by atoms with Crippen molar-refractivity contribution < 1.29 is 9.53 Å². The third kappa shape index (κ3) is 5.32. The molecule has 0 aliphatic carbocycles. The number of benzene rings is 1. The fourth-order valence-electron chi connectivity index (χ4n) is 2.53. The normalized spacial score (nSPS) is 12.3. The molecule has 1 amide bonds. The van der Waals surface area contributed by atoms with Crippen LogP contribution in [-0.2, 0) is 16.1 Å². The van der Waals surface area contributed by atoms with Crippen molar-refractivity contribution in [1.82, 2.24) is 14.9 Å². The molecule has 142 valence electrons. The lowest BCUT2D eigenvalue weighted by atomic mass is 10.2. The highest BCUT2D eigenvalue weighted by Gasteiger charge is 2.19. The van der Waals surface area contributed by atoms with Crippen LogP contribution in [0.2, 0.25) is 0 Å². The Morgan fingerprint density at radius 2 is 2.12 bits per heavy atom. The van der Waals surface area contributed by atoms with Crippen LogP contribution in [0.5, 0.6) is 0 Å². The summed E-state index contributed by atoms with van der Waals surface area (Å²) in [7, 11) is 1.64. The molecule has 0 saturated heterocycles. The number of ether oxygens (including phenoxy) is 1. The molecule has 1 N–H and O–H groups in total. The van der Waals surface area contributed by atoms with Crippen LogP contribution in [0.15, 0.2) is 34.2 Å². The van der Waals surface area contributed by atoms with Crippen molar-refractivity contribution in [3.63, 3.8) is 0 Å². The van der Waals surface area contributed by atoms with Crippen molar-refractivity contribution in [2.45, 2.75) is 50.1 Å². The highest BCUT2D eigenvalue weighted by molar-refractivity contribution is 8.00. The molecule has 26 heavy (non-hydrogen) atoms. The Morgan fingerprint density at radius 3 is 2.85 bits per heavy atom. The Morgan fingerprint density at radius 1 is 1.35 bits per heavy atom. The first-order valence-corrected chi connectivity index (χ1v) is 9.89. The van der Waals surface area contributed by atoms with Gasteiger partial charge in [-0.3, -0.25) is 14.2 Å². The molecule has 1 heterocycles. The summed E-state index contributed by atoms with van der Waals surface area (Å²) in [5, 5.41) is 3.78. The average Bonchev–Trinajstić information content (AvgIpc) is 2.65. The van der Waals surface area contributed by atoms with Gasteiger partial charge in [0.05, 0.1) is 16.2 Å². The molecule has 1 aromatic heterocycles. The van der Waals surface area contributed by atoms with Gasteiger partial charge in [-0.05, 0) is 31.9 Å². The third-order valence-electron chi connectivity index (χ3n) is 4.04. The molecule has 6 nitrogen and oxygen atoms in total. The summed E-state index contributed by atoms with van der Waals surface area (Å²) in [6.45, 7) is 5.72. The molecular formula is C19H27N3O3S. The Balaban J connectivity index is 2.21. The van der Waals surface area contributed by atoms with E-state index in [-0.39, 0.29) is 16.7 Å². The van der Waals surface area contributed by atoms with Gasteiger partial charge >= 0.3 is 0 Å². The number of nitrogens with one attached hydrogen (secondary N) is 1. The van der Waals surface area contributed by atoms with Gasteiger partial charge in [0.25, 0.3) is 5.56 Å². The number of methoxy groups -OCH3 is 1. The molecule has 7 heteroatoms. The van der Waals surface area contributed by atoms with Crippen LogP contribution in [0, 0.1) is 0 Å². The summed E-state index contributed by atoms with van der Waals surface area (Å²) in [5.74, 6) is -0.0597. The van der Waals surface area contributed by atoms with Gasteiger partial charge in [-0.2, -0.15) is 0 Å². The number of rotatable bonds is 10. The van der Waals surface area contributed by atoms with E-state index in [1.807, 2.05) is 25.1 Å². The number of carbonyl (C=O) groups is 1. The van der Waals surface area contributed by atoms with Crippen molar-refractivity contribution in [1.29, 1.82) is 0 Å². The molecule has 1 aromatic carbocycles. The second kappa shape index (κ2) is 10.3. The summed E-state index contributed by atoms with van der Waals surface area (Å²) >= 11 is 1.33. The predicted molar refractivity (Wildman–Crippen MR) is 106 cm³/mol. The third-order valence-corrected chi connectivity index (χ3v) is 5.13. The first-order valence-electron chi connectivity index (χ1n) is 9.01. The van der Waals surface area contributed by atoms with E-state index in [2.05, 4.69) is 17.2 Å². The Kier molecular flexibility index (Phi) is 8.12. The van der Waals surface area contributed by atoms with Crippen LogP contribution >= 0.6 is 11.8 Å². The lowest BCUT2D eigenvalue weighted by molar-refractivity contribution is -0.120. The maximum atomic E-state index is 12.8. The van der Waals surface area contributed by atoms with Crippen LogP contribution in [0.4, 0.5) is 0 Å². The molecule has 1 unspecified atom stereocenters. The minimum absolute atomic E-state index is 0.0424. The maximum Gasteiger partial charge on any atom is 0.262 e. The SMILES string of the molecule is CCCCn1c(SC(C)C(=O)NCCCOC)nc2ccccc2c1=O. The van der Waals surface area contributed by atoms with Crippen molar-refractivity contribution in [2.24, 2.45) is 0 Å². The van der Waals surface area contributed by atoms with Gasteiger partial charge in [-0.25, -0.2) is 4.98 Å². The van der Waals surface area contributed by atoms with Crippen molar-refractivity contribution >= 4 is 28.6 Å². The average molecular weight is 378 g/mol. The molecule has 2 rings (SSSR count). The van der Waals surface area contributed by atoms with E-state index in [0.29, 0.717) is 35.8 Å². The van der Waals surface area contributed by atoms with Crippen molar-refractivity contribution in [2.75, 3.05) is 20.3 Å². The van der Waals surface area contributed by atoms with E-state index in [4.69, 9.17) is 4.74 Å². The number of thioether (sulfide) groups is 1. The Hall–Kier alpha value is -1.86. The van der Waals surface area contributed by atoms with E-state index in [9.17, 15) is 9.59 Å². The molecule has 0 radical (unpaired) electrons. The van der Waals surface area contributed by atoms with Crippen LogP contribution in [0.1, 0.15) is 33.1 Å². The number of carbonyl (C=O) groups excluding carboxylic acids is 1. The molecule has 0 aliphatic heterocycles. The van der Waals surface area contributed by atoms with Gasteiger partial charge in [-0.15, -0.1) is 0 Å². The van der Waals surface area contributed by atoms with Gasteiger partial charge in [0, 0.05) is 26.8 Å². The molecule has 0 fully saturated rings. The van der Waals surface area contributed by atoms with Crippen LogP contribution in [0.25, 0.3) is 10.9 Å². The number of fused-ring (bicyclic) bond motifs is 1. The molecular weight excluding hydrogens is 350 g/mol. The fourth-order valence-corrected chi connectivity index (χ4v) is 3.49. The van der Waals surface area contributed by atoms with Gasteiger partial charge in [-0.1, -0.05) is 37.2 Å². The van der Waals surface area contributed by atoms with Gasteiger partial charge in [0.1, 0.15) is 0 Å². The van der Waals surface area contributed by atoms with E-state index in [1.165, 1.54) is 11.8 Å². The summed E-state index contributed by atoms with van der Waals surface area (Å²) in [6.07, 6.45) is 2.65. The molecule has 1 atom stereocenters. The number of unbranched alkanes of at least 4 members (excludes halogenated alkanes) is 1. The summed E-state index contributed by atoms with van der Waals surface area (Å²) in [6, 6.07) is 7.35. The molecule has 2 aromatic rings. The second-order valence-corrected chi connectivity index (χ2v) is 7.43. The van der Waals surface area contributed by atoms with Crippen LogP contribution in [-0.4, -0.2) is 41.0 Å². The molecule has 0 spiro atoms. The lowest BCUT2D eigenvalue weighted by Gasteiger charge is -2.16.